The molecule has 3 heteroatoms. The summed E-state index contributed by atoms with van der Waals surface area (Å²) in [5.74, 6) is 1.32. The van der Waals surface area contributed by atoms with E-state index < -0.39 is 0 Å². The molecule has 3 nitrogen and oxygen atoms in total. The summed E-state index contributed by atoms with van der Waals surface area (Å²) in [6, 6.07) is 6.83. The van der Waals surface area contributed by atoms with Crippen molar-refractivity contribution in [3.63, 3.8) is 0 Å². The smallest absolute Gasteiger partial charge is 0.105 e. The largest absolute Gasteiger partial charge is 0.469 e. The van der Waals surface area contributed by atoms with Crippen LogP contribution in [0.1, 0.15) is 25.5 Å². The van der Waals surface area contributed by atoms with Crippen LogP contribution in [0, 0.1) is 17.2 Å². The van der Waals surface area contributed by atoms with Gasteiger partial charge in [-0.15, -0.1) is 0 Å². The molecule has 86 valence electrons. The lowest BCUT2D eigenvalue weighted by molar-refractivity contribution is 0.152. The highest BCUT2D eigenvalue weighted by atomic mass is 16.3. The molecule has 2 rings (SSSR count). The van der Waals surface area contributed by atoms with Crippen LogP contribution in [0.2, 0.25) is 0 Å². The molecule has 16 heavy (non-hydrogen) atoms. The van der Waals surface area contributed by atoms with E-state index in [1.807, 2.05) is 12.1 Å². The van der Waals surface area contributed by atoms with Crippen molar-refractivity contribution in [2.45, 2.75) is 32.2 Å². The van der Waals surface area contributed by atoms with Gasteiger partial charge in [0.05, 0.1) is 12.3 Å². The molecule has 1 aromatic rings. The first-order valence-electron chi connectivity index (χ1n) is 5.95. The van der Waals surface area contributed by atoms with Crippen molar-refractivity contribution in [2.75, 3.05) is 13.1 Å². The fourth-order valence-corrected chi connectivity index (χ4v) is 2.32. The third-order valence-electron chi connectivity index (χ3n) is 3.41. The number of likely N-dealkylation sites (tertiary alicyclic amines) is 1. The van der Waals surface area contributed by atoms with Gasteiger partial charge in [0.15, 0.2) is 0 Å². The fourth-order valence-electron chi connectivity index (χ4n) is 2.32. The first-order chi connectivity index (χ1) is 7.79. The second kappa shape index (κ2) is 5.18. The average molecular weight is 218 g/mol. The van der Waals surface area contributed by atoms with Crippen molar-refractivity contribution in [3.8, 4) is 6.07 Å². The van der Waals surface area contributed by atoms with Crippen LogP contribution in [0.5, 0.6) is 0 Å². The van der Waals surface area contributed by atoms with E-state index in [-0.39, 0.29) is 5.92 Å². The third-order valence-corrected chi connectivity index (χ3v) is 3.41. The van der Waals surface area contributed by atoms with Gasteiger partial charge in [-0.3, -0.25) is 0 Å². The summed E-state index contributed by atoms with van der Waals surface area (Å²) < 4.78 is 5.36. The number of hydrogen-bond acceptors (Lipinski definition) is 3. The Morgan fingerprint density at radius 1 is 1.56 bits per heavy atom. The van der Waals surface area contributed by atoms with Gasteiger partial charge in [0.1, 0.15) is 5.76 Å². The van der Waals surface area contributed by atoms with Crippen LogP contribution in [0.3, 0.4) is 0 Å². The molecule has 0 saturated carbocycles. The Balaban J connectivity index is 1.83. The zero-order valence-electron chi connectivity index (χ0n) is 9.72. The Bertz CT molecular complexity index is 345. The lowest BCUT2D eigenvalue weighted by Crippen LogP contribution is -2.40. The van der Waals surface area contributed by atoms with Gasteiger partial charge in [0.25, 0.3) is 0 Å². The quantitative estimate of drug-likeness (QED) is 0.782. The Morgan fingerprint density at radius 2 is 2.31 bits per heavy atom. The normalized spacial score (nSPS) is 20.5. The highest BCUT2D eigenvalue weighted by Gasteiger charge is 2.22. The van der Waals surface area contributed by atoms with Gasteiger partial charge in [0, 0.05) is 18.4 Å². The third kappa shape index (κ3) is 2.65. The summed E-state index contributed by atoms with van der Waals surface area (Å²) in [7, 11) is 0. The van der Waals surface area contributed by atoms with Crippen LogP contribution in [-0.2, 0) is 6.42 Å². The first-order valence-corrected chi connectivity index (χ1v) is 5.95. The van der Waals surface area contributed by atoms with Gasteiger partial charge in [-0.1, -0.05) is 0 Å². The van der Waals surface area contributed by atoms with Gasteiger partial charge < -0.3 is 9.32 Å². The van der Waals surface area contributed by atoms with Gasteiger partial charge in [-0.2, -0.15) is 5.26 Å². The number of rotatable bonds is 3. The minimum Gasteiger partial charge on any atom is -0.469 e. The molecule has 0 aliphatic carbocycles. The van der Waals surface area contributed by atoms with E-state index in [4.69, 9.17) is 9.68 Å². The van der Waals surface area contributed by atoms with E-state index in [0.717, 1.165) is 38.1 Å². The Labute approximate surface area is 96.7 Å². The number of nitriles is 1. The van der Waals surface area contributed by atoms with E-state index in [2.05, 4.69) is 17.9 Å². The molecule has 0 bridgehead atoms. The Morgan fingerprint density at radius 3 is 2.88 bits per heavy atom. The minimum absolute atomic E-state index is 0.270. The predicted octanol–water partition coefficient (Wildman–Crippen LogP) is 2.45. The van der Waals surface area contributed by atoms with Crippen molar-refractivity contribution in [2.24, 2.45) is 5.92 Å². The van der Waals surface area contributed by atoms with Crippen LogP contribution in [0.25, 0.3) is 0 Å². The number of piperidine rings is 1. The zero-order chi connectivity index (χ0) is 11.4. The minimum atomic E-state index is 0.270. The van der Waals surface area contributed by atoms with Crippen molar-refractivity contribution in [1.29, 1.82) is 5.26 Å². The van der Waals surface area contributed by atoms with Crippen LogP contribution < -0.4 is 0 Å². The summed E-state index contributed by atoms with van der Waals surface area (Å²) in [5.41, 5.74) is 0. The maximum atomic E-state index is 8.84. The molecular weight excluding hydrogens is 200 g/mol. The molecule has 1 atom stereocenters. The zero-order valence-corrected chi connectivity index (χ0v) is 9.72. The molecule has 1 fully saturated rings. The van der Waals surface area contributed by atoms with Crippen molar-refractivity contribution < 1.29 is 4.42 Å². The molecular formula is C13H18N2O. The molecule has 1 aromatic heterocycles. The molecule has 1 aliphatic rings. The Hall–Kier alpha value is -1.27. The van der Waals surface area contributed by atoms with E-state index in [0.29, 0.717) is 6.04 Å². The summed E-state index contributed by atoms with van der Waals surface area (Å²) in [4.78, 5) is 2.45. The molecule has 0 radical (unpaired) electrons. The molecule has 1 aliphatic heterocycles. The lowest BCUT2D eigenvalue weighted by atomic mass is 9.97. The van der Waals surface area contributed by atoms with Gasteiger partial charge in [-0.05, 0) is 45.0 Å². The van der Waals surface area contributed by atoms with Crippen molar-refractivity contribution >= 4 is 0 Å². The van der Waals surface area contributed by atoms with Crippen LogP contribution >= 0.6 is 0 Å². The molecule has 1 unspecified atom stereocenters. The molecule has 1 saturated heterocycles. The standard InChI is InChI=1S/C13H18N2O/c1-11(9-13-3-2-8-16-13)15-6-4-12(10-14)5-7-15/h2-3,8,11-12H,4-7,9H2,1H3. The number of furan rings is 1. The molecule has 2 heterocycles. The molecule has 0 N–H and O–H groups in total. The van der Waals surface area contributed by atoms with Gasteiger partial charge in [-0.25, -0.2) is 0 Å². The lowest BCUT2D eigenvalue weighted by Gasteiger charge is -2.33. The maximum absolute atomic E-state index is 8.84. The first kappa shape index (κ1) is 11.2. The van der Waals surface area contributed by atoms with E-state index in [9.17, 15) is 0 Å². The monoisotopic (exact) mass is 218 g/mol. The van der Waals surface area contributed by atoms with Gasteiger partial charge in [0.2, 0.25) is 0 Å². The van der Waals surface area contributed by atoms with Crippen LogP contribution in [0.15, 0.2) is 22.8 Å². The van der Waals surface area contributed by atoms with E-state index >= 15 is 0 Å². The Kier molecular flexibility index (Phi) is 3.63. The van der Waals surface area contributed by atoms with Crippen LogP contribution in [-0.4, -0.2) is 24.0 Å². The number of nitrogens with zero attached hydrogens (tertiary/aromatic N) is 2. The predicted molar refractivity (Wildman–Crippen MR) is 61.8 cm³/mol. The molecule has 0 aromatic carbocycles. The van der Waals surface area contributed by atoms with Gasteiger partial charge >= 0.3 is 0 Å². The number of hydrogen-bond donors (Lipinski definition) is 0. The average Bonchev–Trinajstić information content (AvgIpc) is 2.82. The highest BCUT2D eigenvalue weighted by molar-refractivity contribution is 5.00. The second-order valence-electron chi connectivity index (χ2n) is 4.57. The second-order valence-corrected chi connectivity index (χ2v) is 4.57. The van der Waals surface area contributed by atoms with Crippen molar-refractivity contribution in [3.05, 3.63) is 24.2 Å². The summed E-state index contributed by atoms with van der Waals surface area (Å²) in [6.45, 7) is 4.31. The SMILES string of the molecule is CC(Cc1ccco1)N1CCC(C#N)CC1. The molecule has 0 amide bonds. The van der Waals surface area contributed by atoms with Crippen molar-refractivity contribution in [1.82, 2.24) is 4.90 Å². The summed E-state index contributed by atoms with van der Waals surface area (Å²) in [6.07, 6.45) is 4.71. The summed E-state index contributed by atoms with van der Waals surface area (Å²) in [5, 5.41) is 8.84. The highest BCUT2D eigenvalue weighted by Crippen LogP contribution is 2.19. The van der Waals surface area contributed by atoms with E-state index in [1.54, 1.807) is 6.26 Å². The molecule has 0 spiro atoms. The maximum Gasteiger partial charge on any atom is 0.105 e. The van der Waals surface area contributed by atoms with Crippen LogP contribution in [0.4, 0.5) is 0 Å². The van der Waals surface area contributed by atoms with E-state index in [1.165, 1.54) is 0 Å². The fraction of sp³-hybridized carbons (Fsp3) is 0.615. The topological polar surface area (TPSA) is 40.2 Å². The summed E-state index contributed by atoms with van der Waals surface area (Å²) >= 11 is 0.